The number of carbonyl (C=O) groups excluding carboxylic acids is 1. The van der Waals surface area contributed by atoms with Crippen LogP contribution in [-0.2, 0) is 4.79 Å². The fourth-order valence-electron chi connectivity index (χ4n) is 7.65. The van der Waals surface area contributed by atoms with E-state index < -0.39 is 5.60 Å². The second kappa shape index (κ2) is 4.84. The third kappa shape index (κ3) is 2.00. The van der Waals surface area contributed by atoms with Gasteiger partial charge in [-0.05, 0) is 86.4 Å². The van der Waals surface area contributed by atoms with Crippen LogP contribution in [0.15, 0.2) is 0 Å². The van der Waals surface area contributed by atoms with Gasteiger partial charge in [-0.25, -0.2) is 0 Å². The molecule has 4 saturated carbocycles. The summed E-state index contributed by atoms with van der Waals surface area (Å²) in [5, 5.41) is 11.0. The van der Waals surface area contributed by atoms with Gasteiger partial charge >= 0.3 is 0 Å². The van der Waals surface area contributed by atoms with Crippen LogP contribution in [0.2, 0.25) is 0 Å². The summed E-state index contributed by atoms with van der Waals surface area (Å²) in [6.45, 7) is 9.11. The van der Waals surface area contributed by atoms with Gasteiger partial charge in [0.25, 0.3) is 0 Å². The topological polar surface area (TPSA) is 37.3 Å². The Labute approximate surface area is 141 Å². The average Bonchev–Trinajstić information content (AvgIpc) is 2.71. The first kappa shape index (κ1) is 16.1. The fourth-order valence-corrected chi connectivity index (χ4v) is 7.65. The van der Waals surface area contributed by atoms with Crippen molar-refractivity contribution in [2.45, 2.75) is 84.7 Å². The molecule has 4 aliphatic carbocycles. The summed E-state index contributed by atoms with van der Waals surface area (Å²) in [4.78, 5) is 12.2. The normalized spacial score (nSPS) is 59.2. The van der Waals surface area contributed by atoms with E-state index in [1.54, 1.807) is 0 Å². The summed E-state index contributed by atoms with van der Waals surface area (Å²) in [5.74, 6) is 3.65. The lowest BCUT2D eigenvalue weighted by Gasteiger charge is -2.61. The Bertz CT molecular complexity index is 524. The van der Waals surface area contributed by atoms with Gasteiger partial charge in [-0.2, -0.15) is 0 Å². The van der Waals surface area contributed by atoms with Crippen molar-refractivity contribution in [2.24, 2.45) is 40.4 Å². The maximum Gasteiger partial charge on any atom is 0.136 e. The molecule has 0 amide bonds. The zero-order valence-corrected chi connectivity index (χ0v) is 15.4. The Kier molecular flexibility index (Phi) is 3.39. The highest BCUT2D eigenvalue weighted by atomic mass is 16.3. The number of ketones is 1. The molecule has 0 radical (unpaired) electrons. The van der Waals surface area contributed by atoms with E-state index in [9.17, 15) is 9.90 Å². The van der Waals surface area contributed by atoms with Crippen molar-refractivity contribution in [3.8, 4) is 0 Å². The van der Waals surface area contributed by atoms with Gasteiger partial charge in [0, 0.05) is 12.3 Å². The van der Waals surface area contributed by atoms with Crippen molar-refractivity contribution in [1.82, 2.24) is 0 Å². The molecule has 0 unspecified atom stereocenters. The van der Waals surface area contributed by atoms with Crippen LogP contribution in [0, 0.1) is 40.4 Å². The highest BCUT2D eigenvalue weighted by molar-refractivity contribution is 5.82. The Morgan fingerprint density at radius 3 is 2.43 bits per heavy atom. The lowest BCUT2D eigenvalue weighted by atomic mass is 9.44. The Morgan fingerprint density at radius 2 is 1.70 bits per heavy atom. The Balaban J connectivity index is 1.66. The van der Waals surface area contributed by atoms with E-state index >= 15 is 0 Å². The van der Waals surface area contributed by atoms with Gasteiger partial charge in [-0.3, -0.25) is 4.79 Å². The number of hydrogen-bond acceptors (Lipinski definition) is 2. The van der Waals surface area contributed by atoms with E-state index in [1.807, 2.05) is 0 Å². The van der Waals surface area contributed by atoms with Crippen LogP contribution in [0.25, 0.3) is 0 Å². The fraction of sp³-hybridized carbons (Fsp3) is 0.952. The lowest BCUT2D eigenvalue weighted by molar-refractivity contribution is -0.158. The molecule has 0 aromatic carbocycles. The molecule has 130 valence electrons. The zero-order chi connectivity index (χ0) is 16.6. The Hall–Kier alpha value is -0.370. The molecule has 0 bridgehead atoms. The second-order valence-corrected chi connectivity index (χ2v) is 10.2. The first-order valence-electron chi connectivity index (χ1n) is 9.94. The van der Waals surface area contributed by atoms with Crippen molar-refractivity contribution >= 4 is 5.78 Å². The molecule has 0 aromatic heterocycles. The summed E-state index contributed by atoms with van der Waals surface area (Å²) in [6, 6.07) is 0. The van der Waals surface area contributed by atoms with Crippen LogP contribution < -0.4 is 0 Å². The third-order valence-electron chi connectivity index (χ3n) is 9.37. The molecule has 4 fully saturated rings. The van der Waals surface area contributed by atoms with Crippen LogP contribution in [0.1, 0.15) is 79.1 Å². The van der Waals surface area contributed by atoms with Crippen molar-refractivity contribution in [3.05, 3.63) is 0 Å². The molecule has 0 heterocycles. The molecule has 0 aliphatic heterocycles. The molecule has 0 aromatic rings. The molecule has 2 heteroatoms. The standard InChI is InChI=1S/C21H34O2/c1-13-12-19(2)14(11-18(13)22)5-6-15-16(19)7-9-20(3)17(15)8-10-21(20,4)23/h13-17,23H,5-12H2,1-4H3/t13-,14-,15-,16-,17+,19+,20+,21+/m1/s1. The minimum atomic E-state index is -0.476. The average molecular weight is 319 g/mol. The van der Waals surface area contributed by atoms with Gasteiger partial charge in [-0.1, -0.05) is 20.8 Å². The van der Waals surface area contributed by atoms with Crippen LogP contribution in [0.4, 0.5) is 0 Å². The Morgan fingerprint density at radius 1 is 1.00 bits per heavy atom. The molecule has 4 aliphatic rings. The number of hydrogen-bond donors (Lipinski definition) is 1. The summed E-state index contributed by atoms with van der Waals surface area (Å²) < 4.78 is 0. The van der Waals surface area contributed by atoms with Gasteiger partial charge in [-0.15, -0.1) is 0 Å². The lowest BCUT2D eigenvalue weighted by Crippen LogP contribution is -2.56. The van der Waals surface area contributed by atoms with Crippen LogP contribution in [0.3, 0.4) is 0 Å². The molecule has 4 rings (SSSR count). The first-order valence-corrected chi connectivity index (χ1v) is 9.94. The van der Waals surface area contributed by atoms with Crippen LogP contribution in [0.5, 0.6) is 0 Å². The number of aliphatic hydroxyl groups is 1. The van der Waals surface area contributed by atoms with Crippen LogP contribution >= 0.6 is 0 Å². The van der Waals surface area contributed by atoms with E-state index in [0.29, 0.717) is 23.0 Å². The summed E-state index contributed by atoms with van der Waals surface area (Å²) in [5.41, 5.74) is 0.00962. The summed E-state index contributed by atoms with van der Waals surface area (Å²) >= 11 is 0. The molecule has 2 nitrogen and oxygen atoms in total. The van der Waals surface area contributed by atoms with E-state index in [1.165, 1.54) is 32.1 Å². The van der Waals surface area contributed by atoms with E-state index in [-0.39, 0.29) is 11.3 Å². The summed E-state index contributed by atoms with van der Waals surface area (Å²) in [6.07, 6.45) is 9.11. The zero-order valence-electron chi connectivity index (χ0n) is 15.4. The van der Waals surface area contributed by atoms with Gasteiger partial charge < -0.3 is 5.11 Å². The highest BCUT2D eigenvalue weighted by Gasteiger charge is 2.63. The molecule has 1 N–H and O–H groups in total. The molecule has 0 spiro atoms. The molecule has 0 saturated heterocycles. The van der Waals surface area contributed by atoms with Gasteiger partial charge in [0.2, 0.25) is 0 Å². The predicted octanol–water partition coefficient (Wildman–Crippen LogP) is 4.60. The molecular weight excluding hydrogens is 284 g/mol. The molecule has 23 heavy (non-hydrogen) atoms. The van der Waals surface area contributed by atoms with Gasteiger partial charge in [0.15, 0.2) is 0 Å². The minimum Gasteiger partial charge on any atom is -0.390 e. The number of carbonyl (C=O) groups is 1. The highest BCUT2D eigenvalue weighted by Crippen LogP contribution is 2.68. The van der Waals surface area contributed by atoms with E-state index in [4.69, 9.17) is 0 Å². The molecule has 8 atom stereocenters. The largest absolute Gasteiger partial charge is 0.390 e. The third-order valence-corrected chi connectivity index (χ3v) is 9.37. The summed E-state index contributed by atoms with van der Waals surface area (Å²) in [7, 11) is 0. The van der Waals surface area contributed by atoms with Crippen molar-refractivity contribution in [3.63, 3.8) is 0 Å². The van der Waals surface area contributed by atoms with Gasteiger partial charge in [0.05, 0.1) is 5.60 Å². The van der Waals surface area contributed by atoms with E-state index in [0.717, 1.165) is 31.1 Å². The minimum absolute atomic E-state index is 0.119. The van der Waals surface area contributed by atoms with Crippen molar-refractivity contribution in [1.29, 1.82) is 0 Å². The quantitative estimate of drug-likeness (QED) is 0.709. The monoisotopic (exact) mass is 318 g/mol. The smallest absolute Gasteiger partial charge is 0.136 e. The van der Waals surface area contributed by atoms with Crippen LogP contribution in [-0.4, -0.2) is 16.5 Å². The van der Waals surface area contributed by atoms with Crippen molar-refractivity contribution in [2.75, 3.05) is 0 Å². The van der Waals surface area contributed by atoms with Crippen molar-refractivity contribution < 1.29 is 9.90 Å². The second-order valence-electron chi connectivity index (χ2n) is 10.2. The molecular formula is C21H34O2. The van der Waals surface area contributed by atoms with E-state index in [2.05, 4.69) is 27.7 Å². The first-order chi connectivity index (χ1) is 10.7. The predicted molar refractivity (Wildman–Crippen MR) is 91.9 cm³/mol. The van der Waals surface area contributed by atoms with Gasteiger partial charge in [0.1, 0.15) is 5.78 Å². The SMILES string of the molecule is C[C@@H]1C[C@@]2(C)[C@H](CC[C@@H]3[C@H]2CC[C@@]2(C)[C@H]3CC[C@]2(C)O)CC1=O. The number of Topliss-reactive ketones (excluding diaryl/α,β-unsaturated/α-hetero) is 1. The number of fused-ring (bicyclic) bond motifs is 5. The number of rotatable bonds is 0. The maximum atomic E-state index is 12.2. The maximum absolute atomic E-state index is 12.2.